The van der Waals surface area contributed by atoms with Crippen LogP contribution in [0.25, 0.3) is 0 Å². The van der Waals surface area contributed by atoms with Gasteiger partial charge >= 0.3 is 0 Å². The van der Waals surface area contributed by atoms with E-state index in [2.05, 4.69) is 34.4 Å². The van der Waals surface area contributed by atoms with Crippen LogP contribution in [-0.4, -0.2) is 66.8 Å². The Morgan fingerprint density at radius 2 is 2.15 bits per heavy atom. The van der Waals surface area contributed by atoms with Gasteiger partial charge in [-0.1, -0.05) is 5.16 Å². The van der Waals surface area contributed by atoms with Gasteiger partial charge in [-0.2, -0.15) is 4.98 Å². The second-order valence-corrected chi connectivity index (χ2v) is 6.15. The Labute approximate surface area is 120 Å². The summed E-state index contributed by atoms with van der Waals surface area (Å²) in [5, 5.41) is 7.66. The van der Waals surface area contributed by atoms with Crippen LogP contribution in [0.5, 0.6) is 0 Å². The molecule has 6 nitrogen and oxygen atoms in total. The van der Waals surface area contributed by atoms with Gasteiger partial charge < -0.3 is 14.7 Å². The lowest BCUT2D eigenvalue weighted by atomic mass is 10.00. The number of piperidine rings is 1. The lowest BCUT2D eigenvalue weighted by Crippen LogP contribution is -2.31. The Morgan fingerprint density at radius 3 is 2.95 bits per heavy atom. The van der Waals surface area contributed by atoms with Crippen molar-refractivity contribution in [3.63, 3.8) is 0 Å². The average molecular weight is 279 g/mol. The van der Waals surface area contributed by atoms with Crippen molar-refractivity contribution in [2.75, 3.05) is 46.8 Å². The van der Waals surface area contributed by atoms with Crippen LogP contribution in [0, 0.1) is 0 Å². The molecule has 1 aromatic rings. The van der Waals surface area contributed by atoms with E-state index in [0.717, 1.165) is 50.9 Å². The molecule has 2 aliphatic heterocycles. The topological polar surface area (TPSA) is 57.4 Å². The standard InChI is InChI=1S/C14H25N5O/c1-18-7-4-8-19(2)12(10-18)13-16-14(20-17-13)11-5-3-6-15-9-11/h11-12,15H,3-10H2,1-2H3/t11-,12?/m0/s1. The first-order valence-corrected chi connectivity index (χ1v) is 7.67. The van der Waals surface area contributed by atoms with Crippen molar-refractivity contribution in [1.29, 1.82) is 0 Å². The van der Waals surface area contributed by atoms with Gasteiger partial charge in [-0.25, -0.2) is 0 Å². The maximum Gasteiger partial charge on any atom is 0.231 e. The third kappa shape index (κ3) is 3.02. The highest BCUT2D eigenvalue weighted by Gasteiger charge is 2.28. The van der Waals surface area contributed by atoms with Crippen LogP contribution in [0.4, 0.5) is 0 Å². The van der Waals surface area contributed by atoms with Crippen molar-refractivity contribution in [2.24, 2.45) is 0 Å². The van der Waals surface area contributed by atoms with Gasteiger partial charge in [-0.3, -0.25) is 4.90 Å². The summed E-state index contributed by atoms with van der Waals surface area (Å²) >= 11 is 0. The largest absolute Gasteiger partial charge is 0.339 e. The average Bonchev–Trinajstić information content (AvgIpc) is 2.88. The molecule has 0 saturated carbocycles. The molecule has 0 radical (unpaired) electrons. The Bertz CT molecular complexity index is 429. The smallest absolute Gasteiger partial charge is 0.231 e. The number of likely N-dealkylation sites (N-methyl/N-ethyl adjacent to an activating group) is 2. The van der Waals surface area contributed by atoms with E-state index in [1.165, 1.54) is 12.8 Å². The van der Waals surface area contributed by atoms with Crippen LogP contribution in [0.1, 0.15) is 42.9 Å². The summed E-state index contributed by atoms with van der Waals surface area (Å²) in [6.45, 7) is 5.26. The highest BCUT2D eigenvalue weighted by molar-refractivity contribution is 5.01. The van der Waals surface area contributed by atoms with Crippen LogP contribution in [0.2, 0.25) is 0 Å². The molecule has 0 aromatic carbocycles. The molecule has 6 heteroatoms. The summed E-state index contributed by atoms with van der Waals surface area (Å²) in [5.74, 6) is 2.05. The monoisotopic (exact) mass is 279 g/mol. The SMILES string of the molecule is CN1CCCN(C)C(c2noc([C@H]3CCCNC3)n2)C1. The number of aromatic nitrogens is 2. The van der Waals surface area contributed by atoms with Crippen LogP contribution in [0.3, 0.4) is 0 Å². The zero-order valence-corrected chi connectivity index (χ0v) is 12.5. The van der Waals surface area contributed by atoms with Crippen molar-refractivity contribution in [2.45, 2.75) is 31.2 Å². The van der Waals surface area contributed by atoms with Gasteiger partial charge in [0.25, 0.3) is 0 Å². The third-order valence-electron chi connectivity index (χ3n) is 4.47. The molecule has 0 aliphatic carbocycles. The molecule has 2 saturated heterocycles. The number of hydrogen-bond acceptors (Lipinski definition) is 6. The fourth-order valence-electron chi connectivity index (χ4n) is 3.16. The van der Waals surface area contributed by atoms with Crippen LogP contribution < -0.4 is 5.32 Å². The summed E-state index contributed by atoms with van der Waals surface area (Å²) < 4.78 is 5.54. The second kappa shape index (κ2) is 6.20. The lowest BCUT2D eigenvalue weighted by Gasteiger charge is -2.24. The summed E-state index contributed by atoms with van der Waals surface area (Å²) in [6.07, 6.45) is 3.53. The number of rotatable bonds is 2. The van der Waals surface area contributed by atoms with Crippen molar-refractivity contribution in [3.8, 4) is 0 Å². The van der Waals surface area contributed by atoms with Crippen molar-refractivity contribution in [3.05, 3.63) is 11.7 Å². The Hall–Kier alpha value is -0.980. The lowest BCUT2D eigenvalue weighted by molar-refractivity contribution is 0.214. The first kappa shape index (κ1) is 14.0. The zero-order chi connectivity index (χ0) is 13.9. The van der Waals surface area contributed by atoms with Gasteiger partial charge in [0.05, 0.1) is 12.0 Å². The summed E-state index contributed by atoms with van der Waals surface area (Å²) in [6, 6.07) is 0.247. The van der Waals surface area contributed by atoms with E-state index in [9.17, 15) is 0 Å². The van der Waals surface area contributed by atoms with Gasteiger partial charge in [-0.05, 0) is 53.0 Å². The highest BCUT2D eigenvalue weighted by atomic mass is 16.5. The molecule has 0 spiro atoms. The predicted octanol–water partition coefficient (Wildman–Crippen LogP) is 0.845. The molecule has 3 rings (SSSR count). The first-order valence-electron chi connectivity index (χ1n) is 7.67. The van der Waals surface area contributed by atoms with Gasteiger partial charge in [0.15, 0.2) is 5.82 Å². The van der Waals surface area contributed by atoms with E-state index < -0.39 is 0 Å². The van der Waals surface area contributed by atoms with Gasteiger partial charge in [0.2, 0.25) is 5.89 Å². The Morgan fingerprint density at radius 1 is 1.25 bits per heavy atom. The molecule has 1 aromatic heterocycles. The van der Waals surface area contributed by atoms with Crippen molar-refractivity contribution in [1.82, 2.24) is 25.3 Å². The van der Waals surface area contributed by atoms with Crippen LogP contribution >= 0.6 is 0 Å². The molecule has 112 valence electrons. The minimum atomic E-state index is 0.247. The third-order valence-corrected chi connectivity index (χ3v) is 4.47. The number of nitrogens with zero attached hydrogens (tertiary/aromatic N) is 4. The maximum atomic E-state index is 5.54. The quantitative estimate of drug-likeness (QED) is 0.866. The molecule has 20 heavy (non-hydrogen) atoms. The van der Waals surface area contributed by atoms with Gasteiger partial charge in [0.1, 0.15) is 0 Å². The van der Waals surface area contributed by atoms with Gasteiger partial charge in [-0.15, -0.1) is 0 Å². The number of nitrogens with one attached hydrogen (secondary N) is 1. The van der Waals surface area contributed by atoms with E-state index in [1.807, 2.05) is 0 Å². The van der Waals surface area contributed by atoms with E-state index in [0.29, 0.717) is 5.92 Å². The van der Waals surface area contributed by atoms with Crippen molar-refractivity contribution < 1.29 is 4.52 Å². The molecule has 0 bridgehead atoms. The highest BCUT2D eigenvalue weighted by Crippen LogP contribution is 2.25. The molecule has 2 atom stereocenters. The number of hydrogen-bond donors (Lipinski definition) is 1. The first-order chi connectivity index (χ1) is 9.74. The molecule has 1 unspecified atom stereocenters. The van der Waals surface area contributed by atoms with Crippen LogP contribution in [-0.2, 0) is 0 Å². The predicted molar refractivity (Wildman–Crippen MR) is 76.6 cm³/mol. The molecule has 1 N–H and O–H groups in total. The van der Waals surface area contributed by atoms with Crippen LogP contribution in [0.15, 0.2) is 4.52 Å². The zero-order valence-electron chi connectivity index (χ0n) is 12.5. The van der Waals surface area contributed by atoms with E-state index >= 15 is 0 Å². The van der Waals surface area contributed by atoms with Gasteiger partial charge in [0, 0.05) is 13.1 Å². The maximum absolute atomic E-state index is 5.54. The Balaban J connectivity index is 1.74. The summed E-state index contributed by atoms with van der Waals surface area (Å²) in [7, 11) is 4.32. The fraction of sp³-hybridized carbons (Fsp3) is 0.857. The second-order valence-electron chi connectivity index (χ2n) is 6.15. The molecule has 3 heterocycles. The van der Waals surface area contributed by atoms with E-state index in [1.54, 1.807) is 0 Å². The molecule has 2 aliphatic rings. The van der Waals surface area contributed by atoms with Crippen molar-refractivity contribution >= 4 is 0 Å². The molecular formula is C14H25N5O. The normalized spacial score (nSPS) is 30.3. The Kier molecular flexibility index (Phi) is 4.33. The fourth-order valence-corrected chi connectivity index (χ4v) is 3.16. The summed E-state index contributed by atoms with van der Waals surface area (Å²) in [5.41, 5.74) is 0. The minimum Gasteiger partial charge on any atom is -0.339 e. The molecule has 0 amide bonds. The van der Waals surface area contributed by atoms with E-state index in [4.69, 9.17) is 9.51 Å². The summed E-state index contributed by atoms with van der Waals surface area (Å²) in [4.78, 5) is 9.40. The molecular weight excluding hydrogens is 254 g/mol. The van der Waals surface area contributed by atoms with E-state index in [-0.39, 0.29) is 6.04 Å². The minimum absolute atomic E-state index is 0.247. The molecule has 2 fully saturated rings.